The highest BCUT2D eigenvalue weighted by atomic mass is 32.2. The third-order valence-corrected chi connectivity index (χ3v) is 7.27. The van der Waals surface area contributed by atoms with Crippen LogP contribution in [0.4, 0.5) is 0 Å². The Morgan fingerprint density at radius 2 is 2.35 bits per heavy atom. The zero-order chi connectivity index (χ0) is 13.4. The Bertz CT molecular complexity index is 467. The van der Waals surface area contributed by atoms with Gasteiger partial charge >= 0.3 is 0 Å². The molecule has 20 heavy (non-hydrogen) atoms. The van der Waals surface area contributed by atoms with Crippen LogP contribution in [0.25, 0.3) is 0 Å². The smallest absolute Gasteiger partial charge is 0.0795 e. The van der Waals surface area contributed by atoms with Crippen LogP contribution in [0.15, 0.2) is 11.4 Å². The first-order chi connectivity index (χ1) is 9.85. The predicted octanol–water partition coefficient (Wildman–Crippen LogP) is 3.77. The summed E-state index contributed by atoms with van der Waals surface area (Å²) in [5.41, 5.74) is 1.79. The van der Waals surface area contributed by atoms with Crippen LogP contribution >= 0.6 is 23.1 Å². The van der Waals surface area contributed by atoms with Crippen molar-refractivity contribution in [3.8, 4) is 0 Å². The van der Waals surface area contributed by atoms with Gasteiger partial charge in [-0.3, -0.25) is 0 Å². The SMILES string of the molecule is c1cc2c(s1)CCCC2NC1CCOC2(CCSC2)C1. The first kappa shape index (κ1) is 13.6. The van der Waals surface area contributed by atoms with Gasteiger partial charge in [0, 0.05) is 29.3 Å². The van der Waals surface area contributed by atoms with Gasteiger partial charge in [-0.25, -0.2) is 0 Å². The molecule has 1 aromatic heterocycles. The van der Waals surface area contributed by atoms with Gasteiger partial charge in [-0.1, -0.05) is 0 Å². The zero-order valence-electron chi connectivity index (χ0n) is 11.9. The van der Waals surface area contributed by atoms with Crippen molar-refractivity contribution in [1.29, 1.82) is 0 Å². The van der Waals surface area contributed by atoms with Crippen molar-refractivity contribution in [2.24, 2.45) is 0 Å². The van der Waals surface area contributed by atoms with E-state index in [1.807, 2.05) is 11.3 Å². The number of thiophene rings is 1. The van der Waals surface area contributed by atoms with E-state index in [0.717, 1.165) is 6.61 Å². The average Bonchev–Trinajstić information content (AvgIpc) is 3.09. The van der Waals surface area contributed by atoms with Crippen LogP contribution in [0.3, 0.4) is 0 Å². The number of rotatable bonds is 2. The minimum Gasteiger partial charge on any atom is -0.374 e. The summed E-state index contributed by atoms with van der Waals surface area (Å²) in [4.78, 5) is 1.62. The molecule has 0 bridgehead atoms. The second kappa shape index (κ2) is 5.64. The van der Waals surface area contributed by atoms with Gasteiger partial charge < -0.3 is 10.1 Å². The lowest BCUT2D eigenvalue weighted by Crippen LogP contribution is -2.48. The summed E-state index contributed by atoms with van der Waals surface area (Å²) in [6.07, 6.45) is 7.60. The average molecular weight is 310 g/mol. The quantitative estimate of drug-likeness (QED) is 0.898. The number of fused-ring (bicyclic) bond motifs is 1. The van der Waals surface area contributed by atoms with Crippen molar-refractivity contribution in [2.75, 3.05) is 18.1 Å². The molecule has 0 amide bonds. The molecule has 1 aromatic rings. The van der Waals surface area contributed by atoms with E-state index in [9.17, 15) is 0 Å². The lowest BCUT2D eigenvalue weighted by molar-refractivity contribution is -0.0716. The van der Waals surface area contributed by atoms with E-state index in [1.54, 1.807) is 10.4 Å². The van der Waals surface area contributed by atoms with Crippen LogP contribution in [0, 0.1) is 0 Å². The molecule has 2 saturated heterocycles. The molecule has 3 aliphatic rings. The molecule has 2 fully saturated rings. The summed E-state index contributed by atoms with van der Waals surface area (Å²) in [6, 6.07) is 3.59. The number of nitrogens with one attached hydrogen (secondary N) is 1. The summed E-state index contributed by atoms with van der Waals surface area (Å²) < 4.78 is 6.14. The first-order valence-corrected chi connectivity index (χ1v) is 9.92. The lowest BCUT2D eigenvalue weighted by Gasteiger charge is -2.40. The van der Waals surface area contributed by atoms with Crippen molar-refractivity contribution in [3.05, 3.63) is 21.9 Å². The van der Waals surface area contributed by atoms with Crippen LogP contribution < -0.4 is 5.32 Å². The van der Waals surface area contributed by atoms with Crippen molar-refractivity contribution in [3.63, 3.8) is 0 Å². The van der Waals surface area contributed by atoms with Gasteiger partial charge in [-0.2, -0.15) is 11.8 Å². The Morgan fingerprint density at radius 3 is 3.25 bits per heavy atom. The van der Waals surface area contributed by atoms with E-state index in [2.05, 4.69) is 28.5 Å². The summed E-state index contributed by atoms with van der Waals surface area (Å²) >= 11 is 4.01. The Hall–Kier alpha value is -0.0300. The number of ether oxygens (including phenoxy) is 1. The zero-order valence-corrected chi connectivity index (χ0v) is 13.5. The maximum Gasteiger partial charge on any atom is 0.0795 e. The molecule has 2 nitrogen and oxygen atoms in total. The monoisotopic (exact) mass is 309 g/mol. The maximum absolute atomic E-state index is 6.14. The van der Waals surface area contributed by atoms with Crippen LogP contribution in [0.5, 0.6) is 0 Å². The van der Waals surface area contributed by atoms with E-state index in [1.165, 1.54) is 50.0 Å². The Kier molecular flexibility index (Phi) is 3.84. The molecule has 1 N–H and O–H groups in total. The topological polar surface area (TPSA) is 21.3 Å². The third-order valence-electron chi connectivity index (χ3n) is 5.05. The minimum atomic E-state index is 0.201. The maximum atomic E-state index is 6.14. The molecule has 4 heteroatoms. The van der Waals surface area contributed by atoms with Crippen LogP contribution in [0.2, 0.25) is 0 Å². The molecule has 2 aliphatic heterocycles. The predicted molar refractivity (Wildman–Crippen MR) is 86.8 cm³/mol. The van der Waals surface area contributed by atoms with Gasteiger partial charge in [-0.15, -0.1) is 11.3 Å². The van der Waals surface area contributed by atoms with Gasteiger partial charge in [0.2, 0.25) is 0 Å². The minimum absolute atomic E-state index is 0.201. The largest absolute Gasteiger partial charge is 0.374 e. The third kappa shape index (κ3) is 2.56. The fourth-order valence-corrected chi connectivity index (χ4v) is 6.34. The molecule has 3 atom stereocenters. The van der Waals surface area contributed by atoms with E-state index in [-0.39, 0.29) is 5.60 Å². The molecule has 3 heterocycles. The first-order valence-electron chi connectivity index (χ1n) is 7.89. The molecule has 1 aliphatic carbocycles. The van der Waals surface area contributed by atoms with Gasteiger partial charge in [0.15, 0.2) is 0 Å². The second-order valence-corrected chi connectivity index (χ2v) is 8.54. The van der Waals surface area contributed by atoms with Crippen molar-refractivity contribution < 1.29 is 4.74 Å². The number of hydrogen-bond donors (Lipinski definition) is 1. The van der Waals surface area contributed by atoms with Crippen molar-refractivity contribution >= 4 is 23.1 Å². The summed E-state index contributed by atoms with van der Waals surface area (Å²) in [6.45, 7) is 0.946. The molecular weight excluding hydrogens is 286 g/mol. The second-order valence-electron chi connectivity index (χ2n) is 6.43. The van der Waals surface area contributed by atoms with Crippen LogP contribution in [0.1, 0.15) is 48.6 Å². The number of thioether (sulfide) groups is 1. The van der Waals surface area contributed by atoms with Gasteiger partial charge in [0.1, 0.15) is 0 Å². The Labute approximate surface area is 129 Å². The normalized spacial score (nSPS) is 37.2. The van der Waals surface area contributed by atoms with Crippen molar-refractivity contribution in [2.45, 2.75) is 56.2 Å². The molecule has 3 unspecified atom stereocenters. The summed E-state index contributed by atoms with van der Waals surface area (Å²) in [7, 11) is 0. The fourth-order valence-electron chi connectivity index (χ4n) is 3.98. The molecule has 110 valence electrons. The molecule has 0 radical (unpaired) electrons. The van der Waals surface area contributed by atoms with E-state index >= 15 is 0 Å². The fraction of sp³-hybridized carbons (Fsp3) is 0.750. The van der Waals surface area contributed by atoms with E-state index < -0.39 is 0 Å². The molecule has 4 rings (SSSR count). The Balaban J connectivity index is 1.45. The van der Waals surface area contributed by atoms with Gasteiger partial charge in [0.25, 0.3) is 0 Å². The summed E-state index contributed by atoms with van der Waals surface area (Å²) in [5, 5.41) is 6.24. The van der Waals surface area contributed by atoms with Crippen molar-refractivity contribution in [1.82, 2.24) is 5.32 Å². The van der Waals surface area contributed by atoms with E-state index in [4.69, 9.17) is 4.74 Å². The molecule has 0 saturated carbocycles. The van der Waals surface area contributed by atoms with Crippen LogP contribution in [-0.2, 0) is 11.2 Å². The highest BCUT2D eigenvalue weighted by Crippen LogP contribution is 2.40. The lowest BCUT2D eigenvalue weighted by atomic mass is 9.87. The highest BCUT2D eigenvalue weighted by Gasteiger charge is 2.41. The molecule has 0 aromatic carbocycles. The molecule has 1 spiro atoms. The van der Waals surface area contributed by atoms with Gasteiger partial charge in [-0.05, 0) is 61.3 Å². The van der Waals surface area contributed by atoms with Gasteiger partial charge in [0.05, 0.1) is 5.60 Å². The van der Waals surface area contributed by atoms with E-state index in [0.29, 0.717) is 12.1 Å². The molecular formula is C16H23NOS2. The van der Waals surface area contributed by atoms with Crippen LogP contribution in [-0.4, -0.2) is 29.8 Å². The highest BCUT2D eigenvalue weighted by molar-refractivity contribution is 7.99. The summed E-state index contributed by atoms with van der Waals surface area (Å²) in [5.74, 6) is 2.49. The number of hydrogen-bond acceptors (Lipinski definition) is 4. The standard InChI is InChI=1S/C16H23NOS2/c1-2-14(13-5-8-20-15(13)3-1)17-12-4-7-18-16(10-12)6-9-19-11-16/h5,8,12,14,17H,1-4,6-7,9-11H2. The number of aryl methyl sites for hydroxylation is 1. The Morgan fingerprint density at radius 1 is 1.35 bits per heavy atom.